The van der Waals surface area contributed by atoms with E-state index in [1.165, 1.54) is 0 Å². The van der Waals surface area contributed by atoms with Crippen LogP contribution in [-0.2, 0) is 0 Å². The Morgan fingerprint density at radius 2 is 0.553 bits per heavy atom. The molecule has 0 unspecified atom stereocenters. The molecule has 18 aromatic rings. The third-order valence-corrected chi connectivity index (χ3v) is 18.3. The van der Waals surface area contributed by atoms with Gasteiger partial charge in [-0.25, -0.2) is 15.0 Å². The highest BCUT2D eigenvalue weighted by Crippen LogP contribution is 2.55. The second kappa shape index (κ2) is 18.7. The van der Waals surface area contributed by atoms with Crippen LogP contribution >= 0.6 is 11.3 Å². The number of thiazole rings is 1. The highest BCUT2D eigenvalue weighted by atomic mass is 32.1. The number of para-hydroxylation sites is 9. The van der Waals surface area contributed by atoms with Gasteiger partial charge in [-0.05, 0) is 66.7 Å². The zero-order valence-corrected chi connectivity index (χ0v) is 46.5. The van der Waals surface area contributed by atoms with Crippen molar-refractivity contribution < 1.29 is 0 Å². The molecule has 85 heavy (non-hydrogen) atoms. The van der Waals surface area contributed by atoms with E-state index in [0.717, 1.165) is 159 Å². The summed E-state index contributed by atoms with van der Waals surface area (Å²) >= 11 is 1.72. The fraction of sp³-hybridized carbons (Fsp3) is 0. The van der Waals surface area contributed by atoms with Gasteiger partial charge in [-0.3, -0.25) is 0 Å². The van der Waals surface area contributed by atoms with Gasteiger partial charge in [0.2, 0.25) is 0 Å². The molecular formula is C77H47N7S. The minimum Gasteiger partial charge on any atom is -0.306 e. The van der Waals surface area contributed by atoms with Crippen LogP contribution in [0, 0.1) is 0 Å². The molecule has 8 heteroatoms. The van der Waals surface area contributed by atoms with Gasteiger partial charge >= 0.3 is 0 Å². The topological polar surface area (TPSA) is 58.4 Å². The van der Waals surface area contributed by atoms with Crippen LogP contribution < -0.4 is 0 Å². The summed E-state index contributed by atoms with van der Waals surface area (Å²) in [6.07, 6.45) is 0. The maximum atomic E-state index is 5.98. The molecule has 0 amide bonds. The fourth-order valence-corrected chi connectivity index (χ4v) is 14.7. The Hall–Kier alpha value is -11.2. The van der Waals surface area contributed by atoms with E-state index >= 15 is 0 Å². The van der Waals surface area contributed by atoms with E-state index in [2.05, 4.69) is 303 Å². The van der Waals surface area contributed by atoms with E-state index in [0.29, 0.717) is 5.82 Å². The lowest BCUT2D eigenvalue weighted by Gasteiger charge is -2.30. The van der Waals surface area contributed by atoms with E-state index in [9.17, 15) is 0 Å². The first kappa shape index (κ1) is 47.4. The van der Waals surface area contributed by atoms with Crippen LogP contribution in [-0.4, -0.2) is 33.2 Å². The van der Waals surface area contributed by atoms with Gasteiger partial charge in [0, 0.05) is 65.3 Å². The van der Waals surface area contributed by atoms with Crippen LogP contribution in [0.4, 0.5) is 0 Å². The molecule has 0 saturated heterocycles. The molecule has 0 atom stereocenters. The Balaban J connectivity index is 1.22. The number of benzene rings is 12. The first-order chi connectivity index (χ1) is 42.2. The number of hydrogen-bond acceptors (Lipinski definition) is 4. The second-order valence-corrected chi connectivity index (χ2v) is 22.8. The molecule has 6 aromatic heterocycles. The molecule has 0 N–H and O–H groups in total. The fourth-order valence-electron chi connectivity index (χ4n) is 13.7. The maximum absolute atomic E-state index is 5.98. The molecule has 18 rings (SSSR count). The number of fused-ring (bicyclic) bond motifs is 13. The lowest BCUT2D eigenvalue weighted by atomic mass is 9.93. The van der Waals surface area contributed by atoms with Crippen LogP contribution in [0.5, 0.6) is 0 Å². The third kappa shape index (κ3) is 7.03. The average Bonchev–Trinajstić information content (AvgIpc) is 1.69. The van der Waals surface area contributed by atoms with Gasteiger partial charge in [-0.2, -0.15) is 0 Å². The Morgan fingerprint density at radius 1 is 0.247 bits per heavy atom. The van der Waals surface area contributed by atoms with Gasteiger partial charge < -0.3 is 18.3 Å². The quantitative estimate of drug-likeness (QED) is 0.152. The molecule has 0 radical (unpaired) electrons. The van der Waals surface area contributed by atoms with Crippen molar-refractivity contribution in [1.82, 2.24) is 33.2 Å². The molecule has 0 aliphatic carbocycles. The SMILES string of the molecule is c1ccc(-c2cc(-c3c(-c4nc5ccccc5s4)c(-n4c5ccccc5c5ccccc54)c(-n4c5ccccc5c5ccccc54)c(-n4c5ccccc5c5ccccc54)c3-n3c4ccccc4c4ccccc43)nc(-c3ccccc3)n2)cc1. The van der Waals surface area contributed by atoms with Crippen LogP contribution in [0.2, 0.25) is 0 Å². The normalized spacial score (nSPS) is 12.0. The van der Waals surface area contributed by atoms with Crippen molar-refractivity contribution in [2.75, 3.05) is 0 Å². The number of hydrogen-bond donors (Lipinski definition) is 0. The van der Waals surface area contributed by atoms with E-state index < -0.39 is 0 Å². The predicted octanol–water partition coefficient (Wildman–Crippen LogP) is 20.1. The van der Waals surface area contributed by atoms with Gasteiger partial charge in [0.1, 0.15) is 5.01 Å². The van der Waals surface area contributed by atoms with Crippen LogP contribution in [0.1, 0.15) is 0 Å². The summed E-state index contributed by atoms with van der Waals surface area (Å²) in [5, 5.41) is 10.0. The Bertz CT molecular complexity index is 5440. The van der Waals surface area contributed by atoms with E-state index in [1.54, 1.807) is 11.3 Å². The van der Waals surface area contributed by atoms with Crippen molar-refractivity contribution in [2.24, 2.45) is 0 Å². The molecule has 0 fully saturated rings. The third-order valence-electron chi connectivity index (χ3n) is 17.2. The molecule has 396 valence electrons. The zero-order valence-electron chi connectivity index (χ0n) is 45.7. The zero-order chi connectivity index (χ0) is 55.7. The molecule has 0 aliphatic heterocycles. The van der Waals surface area contributed by atoms with Crippen LogP contribution in [0.3, 0.4) is 0 Å². The summed E-state index contributed by atoms with van der Waals surface area (Å²) in [5.41, 5.74) is 18.6. The molecule has 0 spiro atoms. The Morgan fingerprint density at radius 3 is 0.941 bits per heavy atom. The smallest absolute Gasteiger partial charge is 0.160 e. The molecule has 7 nitrogen and oxygen atoms in total. The summed E-state index contributed by atoms with van der Waals surface area (Å²) in [4.78, 5) is 17.4. The lowest BCUT2D eigenvalue weighted by molar-refractivity contribution is 1.02. The Kier molecular flexibility index (Phi) is 10.4. The van der Waals surface area contributed by atoms with E-state index in [1.807, 2.05) is 0 Å². The second-order valence-electron chi connectivity index (χ2n) is 21.8. The molecule has 0 bridgehead atoms. The Labute approximate surface area is 491 Å². The predicted molar refractivity (Wildman–Crippen MR) is 354 cm³/mol. The van der Waals surface area contributed by atoms with Crippen LogP contribution in [0.25, 0.3) is 165 Å². The number of aromatic nitrogens is 7. The first-order valence-electron chi connectivity index (χ1n) is 28.8. The highest BCUT2D eigenvalue weighted by Gasteiger charge is 2.37. The monoisotopic (exact) mass is 1100 g/mol. The molecule has 0 aliphatic rings. The van der Waals surface area contributed by atoms with Crippen molar-refractivity contribution in [1.29, 1.82) is 0 Å². The number of nitrogens with zero attached hydrogens (tertiary/aromatic N) is 7. The summed E-state index contributed by atoms with van der Waals surface area (Å²) < 4.78 is 11.3. The lowest BCUT2D eigenvalue weighted by Crippen LogP contribution is -2.17. The van der Waals surface area contributed by atoms with E-state index in [4.69, 9.17) is 15.0 Å². The summed E-state index contributed by atoms with van der Waals surface area (Å²) in [7, 11) is 0. The van der Waals surface area contributed by atoms with Crippen LogP contribution in [0.15, 0.2) is 285 Å². The van der Waals surface area contributed by atoms with Gasteiger partial charge in [-0.1, -0.05) is 218 Å². The van der Waals surface area contributed by atoms with Crippen molar-refractivity contribution in [3.8, 4) is 67.2 Å². The number of rotatable bonds is 8. The van der Waals surface area contributed by atoms with Gasteiger partial charge in [-0.15, -0.1) is 11.3 Å². The minimum absolute atomic E-state index is 0.615. The maximum Gasteiger partial charge on any atom is 0.160 e. The molecule has 12 aromatic carbocycles. The van der Waals surface area contributed by atoms with E-state index in [-0.39, 0.29) is 0 Å². The van der Waals surface area contributed by atoms with Crippen molar-refractivity contribution in [2.45, 2.75) is 0 Å². The molecular weight excluding hydrogens is 1050 g/mol. The first-order valence-corrected chi connectivity index (χ1v) is 29.6. The van der Waals surface area contributed by atoms with Crippen molar-refractivity contribution >= 4 is 109 Å². The summed E-state index contributed by atoms with van der Waals surface area (Å²) in [6.45, 7) is 0. The van der Waals surface area contributed by atoms with Gasteiger partial charge in [0.15, 0.2) is 5.82 Å². The molecule has 6 heterocycles. The summed E-state index contributed by atoms with van der Waals surface area (Å²) in [6, 6.07) is 103. The standard InChI is InChI=1S/C77H47N7S/c1-3-25-48(26-4-1)59-47-60(79-76(78-59)49-27-5-2-6-28-49)70-71(77-80-58-37-15-24-46-69(58)85-77)73(82-63-40-18-9-31-52(63)53-32-10-19-41-64(53)82)75(84-67-44-22-13-35-56(67)57-36-14-23-45-68(57)84)74(83-65-42-20-11-33-54(65)55-34-12-21-43-66(55)83)72(70)81-61-38-16-7-29-50(61)51-30-8-17-39-62(51)81/h1-47H. The average molecular weight is 1100 g/mol. The van der Waals surface area contributed by atoms with Gasteiger partial charge in [0.25, 0.3) is 0 Å². The van der Waals surface area contributed by atoms with Crippen molar-refractivity contribution in [3.63, 3.8) is 0 Å². The minimum atomic E-state index is 0.615. The molecule has 0 saturated carbocycles. The van der Waals surface area contributed by atoms with Crippen molar-refractivity contribution in [3.05, 3.63) is 285 Å². The van der Waals surface area contributed by atoms with Gasteiger partial charge in [0.05, 0.1) is 88.5 Å². The highest BCUT2D eigenvalue weighted by molar-refractivity contribution is 7.21. The largest absolute Gasteiger partial charge is 0.306 e. The summed E-state index contributed by atoms with van der Waals surface area (Å²) in [5.74, 6) is 0.615.